The van der Waals surface area contributed by atoms with Crippen LogP contribution in [0.25, 0.3) is 5.69 Å². The molecule has 0 aliphatic rings. The predicted octanol–water partition coefficient (Wildman–Crippen LogP) is 4.80. The summed E-state index contributed by atoms with van der Waals surface area (Å²) in [6.45, 7) is 0.798. The number of benzene rings is 1. The van der Waals surface area contributed by atoms with E-state index in [2.05, 4.69) is 40.2 Å². The largest absolute Gasteiger partial charge is 0.380 e. The number of rotatable bonds is 4. The monoisotopic (exact) mass is 288 g/mol. The summed E-state index contributed by atoms with van der Waals surface area (Å²) >= 11 is 7.53. The van der Waals surface area contributed by atoms with Gasteiger partial charge in [0, 0.05) is 35.2 Å². The fraction of sp³-hybridized carbons (Fsp3) is 0.0667. The number of halogens is 1. The maximum atomic E-state index is 5.92. The Hall–Kier alpha value is -1.71. The zero-order valence-electron chi connectivity index (χ0n) is 10.2. The number of nitrogens with one attached hydrogen (secondary N) is 1. The minimum Gasteiger partial charge on any atom is -0.380 e. The molecule has 0 aliphatic heterocycles. The van der Waals surface area contributed by atoms with Gasteiger partial charge in [-0.3, -0.25) is 0 Å². The van der Waals surface area contributed by atoms with Crippen LogP contribution in [-0.4, -0.2) is 4.57 Å². The second-order valence-electron chi connectivity index (χ2n) is 4.20. The van der Waals surface area contributed by atoms with Crippen LogP contribution in [0.3, 0.4) is 0 Å². The molecule has 0 amide bonds. The third-order valence-corrected chi connectivity index (χ3v) is 4.08. The van der Waals surface area contributed by atoms with E-state index in [9.17, 15) is 0 Å². The van der Waals surface area contributed by atoms with Crippen molar-refractivity contribution in [3.63, 3.8) is 0 Å². The van der Waals surface area contributed by atoms with Gasteiger partial charge >= 0.3 is 0 Å². The van der Waals surface area contributed by atoms with Crippen molar-refractivity contribution in [1.82, 2.24) is 4.57 Å². The van der Waals surface area contributed by atoms with Gasteiger partial charge in [0.05, 0.1) is 4.34 Å². The first kappa shape index (κ1) is 12.3. The van der Waals surface area contributed by atoms with E-state index < -0.39 is 0 Å². The number of thiophene rings is 1. The smallest absolute Gasteiger partial charge is 0.0931 e. The molecule has 0 saturated carbocycles. The molecule has 0 fully saturated rings. The number of anilines is 1. The van der Waals surface area contributed by atoms with Crippen molar-refractivity contribution < 1.29 is 0 Å². The lowest BCUT2D eigenvalue weighted by atomic mass is 10.2. The van der Waals surface area contributed by atoms with Crippen molar-refractivity contribution in [1.29, 1.82) is 0 Å². The quantitative estimate of drug-likeness (QED) is 0.729. The second kappa shape index (κ2) is 5.51. The van der Waals surface area contributed by atoms with Gasteiger partial charge in [-0.1, -0.05) is 17.7 Å². The molecule has 2 heterocycles. The summed E-state index contributed by atoms with van der Waals surface area (Å²) in [7, 11) is 0. The minimum atomic E-state index is 0.798. The van der Waals surface area contributed by atoms with Crippen LogP contribution in [0.2, 0.25) is 4.34 Å². The molecule has 2 aromatic heterocycles. The Morgan fingerprint density at radius 1 is 1.05 bits per heavy atom. The molecule has 0 radical (unpaired) electrons. The van der Waals surface area contributed by atoms with Crippen molar-refractivity contribution in [2.75, 3.05) is 5.32 Å². The van der Waals surface area contributed by atoms with E-state index in [0.717, 1.165) is 22.3 Å². The average molecular weight is 289 g/mol. The third-order valence-electron chi connectivity index (χ3n) is 2.84. The van der Waals surface area contributed by atoms with Crippen LogP contribution < -0.4 is 5.32 Å². The maximum Gasteiger partial charge on any atom is 0.0931 e. The standard InChI is InChI=1S/C15H13ClN2S/c16-15-7-6-14(19-15)11-17-12-4-3-5-13(10-12)18-8-1-2-9-18/h1-10,17H,11H2. The molecule has 3 rings (SSSR count). The Bertz CT molecular complexity index is 658. The molecular weight excluding hydrogens is 276 g/mol. The molecular formula is C15H13ClN2S. The molecule has 0 aliphatic carbocycles. The summed E-state index contributed by atoms with van der Waals surface area (Å²) in [5.41, 5.74) is 2.26. The van der Waals surface area contributed by atoms with Crippen molar-refractivity contribution in [2.24, 2.45) is 0 Å². The highest BCUT2D eigenvalue weighted by Gasteiger charge is 2.00. The lowest BCUT2D eigenvalue weighted by Crippen LogP contribution is -1.98. The first-order chi connectivity index (χ1) is 9.31. The highest BCUT2D eigenvalue weighted by molar-refractivity contribution is 7.16. The van der Waals surface area contributed by atoms with Crippen LogP contribution in [0.5, 0.6) is 0 Å². The molecule has 0 spiro atoms. The van der Waals surface area contributed by atoms with Gasteiger partial charge in [0.15, 0.2) is 0 Å². The van der Waals surface area contributed by atoms with Gasteiger partial charge in [0.2, 0.25) is 0 Å². The molecule has 3 aromatic rings. The van der Waals surface area contributed by atoms with Crippen molar-refractivity contribution in [3.05, 3.63) is 70.1 Å². The third kappa shape index (κ3) is 3.00. The van der Waals surface area contributed by atoms with Gasteiger partial charge in [-0.05, 0) is 42.5 Å². The lowest BCUT2D eigenvalue weighted by molar-refractivity contribution is 1.08. The van der Waals surface area contributed by atoms with Gasteiger partial charge in [-0.15, -0.1) is 11.3 Å². The Kier molecular flexibility index (Phi) is 3.58. The summed E-state index contributed by atoms with van der Waals surface area (Å²) in [6.07, 6.45) is 4.08. The topological polar surface area (TPSA) is 17.0 Å². The summed E-state index contributed by atoms with van der Waals surface area (Å²) in [6, 6.07) is 16.4. The van der Waals surface area contributed by atoms with E-state index >= 15 is 0 Å². The Morgan fingerprint density at radius 2 is 1.89 bits per heavy atom. The van der Waals surface area contributed by atoms with E-state index in [1.54, 1.807) is 11.3 Å². The second-order valence-corrected chi connectivity index (χ2v) is 6.00. The van der Waals surface area contributed by atoms with E-state index in [4.69, 9.17) is 11.6 Å². The normalized spacial score (nSPS) is 10.6. The average Bonchev–Trinajstić information content (AvgIpc) is 3.08. The first-order valence-electron chi connectivity index (χ1n) is 6.03. The van der Waals surface area contributed by atoms with E-state index in [1.807, 2.05) is 30.6 Å². The molecule has 1 aromatic carbocycles. The molecule has 96 valence electrons. The van der Waals surface area contributed by atoms with Gasteiger partial charge in [-0.2, -0.15) is 0 Å². The van der Waals surface area contributed by atoms with Crippen molar-refractivity contribution >= 4 is 28.6 Å². The molecule has 1 N–H and O–H groups in total. The Morgan fingerprint density at radius 3 is 2.63 bits per heavy atom. The SMILES string of the molecule is Clc1ccc(CNc2cccc(-n3cccc3)c2)s1. The minimum absolute atomic E-state index is 0.798. The fourth-order valence-corrected chi connectivity index (χ4v) is 2.95. The Labute approximate surface area is 121 Å². The van der Waals surface area contributed by atoms with E-state index in [1.165, 1.54) is 4.88 Å². The maximum absolute atomic E-state index is 5.92. The van der Waals surface area contributed by atoms with Gasteiger partial charge in [0.25, 0.3) is 0 Å². The van der Waals surface area contributed by atoms with Crippen LogP contribution in [0.4, 0.5) is 5.69 Å². The first-order valence-corrected chi connectivity index (χ1v) is 7.22. The van der Waals surface area contributed by atoms with Crippen molar-refractivity contribution in [2.45, 2.75) is 6.54 Å². The van der Waals surface area contributed by atoms with Crippen LogP contribution >= 0.6 is 22.9 Å². The summed E-state index contributed by atoms with van der Waals surface area (Å²) in [5, 5.41) is 3.42. The van der Waals surface area contributed by atoms with Crippen molar-refractivity contribution in [3.8, 4) is 5.69 Å². The summed E-state index contributed by atoms with van der Waals surface area (Å²) in [5.74, 6) is 0. The molecule has 0 bridgehead atoms. The highest BCUT2D eigenvalue weighted by atomic mass is 35.5. The highest BCUT2D eigenvalue weighted by Crippen LogP contribution is 2.23. The van der Waals surface area contributed by atoms with Gasteiger partial charge in [-0.25, -0.2) is 0 Å². The Balaban J connectivity index is 1.73. The molecule has 19 heavy (non-hydrogen) atoms. The lowest BCUT2D eigenvalue weighted by Gasteiger charge is -2.08. The molecule has 2 nitrogen and oxygen atoms in total. The van der Waals surface area contributed by atoms with Crippen LogP contribution in [0.1, 0.15) is 4.88 Å². The number of aromatic nitrogens is 1. The summed E-state index contributed by atoms with van der Waals surface area (Å²) in [4.78, 5) is 1.23. The van der Waals surface area contributed by atoms with E-state index in [-0.39, 0.29) is 0 Å². The van der Waals surface area contributed by atoms with E-state index in [0.29, 0.717) is 0 Å². The van der Waals surface area contributed by atoms with Crippen LogP contribution in [0.15, 0.2) is 60.9 Å². The molecule has 0 unspecified atom stereocenters. The van der Waals surface area contributed by atoms with Gasteiger partial charge in [0.1, 0.15) is 0 Å². The number of hydrogen-bond acceptors (Lipinski definition) is 2. The van der Waals surface area contributed by atoms with Gasteiger partial charge < -0.3 is 9.88 Å². The fourth-order valence-electron chi connectivity index (χ4n) is 1.92. The number of nitrogens with zero attached hydrogens (tertiary/aromatic N) is 1. The zero-order valence-corrected chi connectivity index (χ0v) is 11.8. The number of hydrogen-bond donors (Lipinski definition) is 1. The van der Waals surface area contributed by atoms with Crippen LogP contribution in [0, 0.1) is 0 Å². The molecule has 0 saturated heterocycles. The summed E-state index contributed by atoms with van der Waals surface area (Å²) < 4.78 is 2.92. The molecule has 4 heteroatoms. The zero-order chi connectivity index (χ0) is 13.1. The molecule has 0 atom stereocenters. The van der Waals surface area contributed by atoms with Crippen LogP contribution in [-0.2, 0) is 6.54 Å². The predicted molar refractivity (Wildman–Crippen MR) is 82.4 cm³/mol.